The summed E-state index contributed by atoms with van der Waals surface area (Å²) in [6.07, 6.45) is 0. The van der Waals surface area contributed by atoms with Gasteiger partial charge in [-0.05, 0) is 102 Å². The minimum atomic E-state index is 0.595. The molecule has 9 aromatic carbocycles. The molecule has 3 heterocycles. The van der Waals surface area contributed by atoms with Crippen molar-refractivity contribution in [1.82, 2.24) is 9.55 Å². The molecule has 0 saturated heterocycles. The Kier molecular flexibility index (Phi) is 7.78. The van der Waals surface area contributed by atoms with Crippen molar-refractivity contribution in [1.29, 1.82) is 0 Å². The molecule has 0 saturated carbocycles. The van der Waals surface area contributed by atoms with Crippen molar-refractivity contribution in [2.75, 3.05) is 4.90 Å². The Hall–Kier alpha value is -8.15. The van der Waals surface area contributed by atoms with Crippen molar-refractivity contribution in [2.45, 2.75) is 0 Å². The van der Waals surface area contributed by atoms with Gasteiger partial charge in [0.25, 0.3) is 0 Å². The third-order valence-corrected chi connectivity index (χ3v) is 11.6. The highest BCUT2D eigenvalue weighted by Gasteiger charge is 2.23. The molecule has 0 radical (unpaired) electrons. The van der Waals surface area contributed by atoms with Gasteiger partial charge >= 0.3 is 0 Å². The molecule has 0 N–H and O–H groups in total. The van der Waals surface area contributed by atoms with Crippen LogP contribution < -0.4 is 4.90 Å². The Balaban J connectivity index is 1.03. The van der Waals surface area contributed by atoms with Gasteiger partial charge < -0.3 is 18.3 Å². The van der Waals surface area contributed by atoms with E-state index in [1.807, 2.05) is 42.5 Å². The van der Waals surface area contributed by atoms with E-state index in [-0.39, 0.29) is 0 Å². The maximum Gasteiger partial charge on any atom is 0.227 e. The lowest BCUT2D eigenvalue weighted by molar-refractivity contribution is 0.622. The summed E-state index contributed by atoms with van der Waals surface area (Å²) in [5, 5.41) is 4.31. The van der Waals surface area contributed by atoms with Crippen LogP contribution in [0.5, 0.6) is 0 Å². The molecule has 60 heavy (non-hydrogen) atoms. The molecule has 0 atom stereocenters. The van der Waals surface area contributed by atoms with Crippen LogP contribution in [0.15, 0.2) is 221 Å². The fraction of sp³-hybridized carbons (Fsp3) is 0. The van der Waals surface area contributed by atoms with Crippen LogP contribution in [0.3, 0.4) is 0 Å². The van der Waals surface area contributed by atoms with E-state index in [1.165, 1.54) is 16.3 Å². The molecule has 0 aliphatic carbocycles. The molecule has 0 fully saturated rings. The number of para-hydroxylation sites is 3. The van der Waals surface area contributed by atoms with E-state index in [1.54, 1.807) is 0 Å². The Morgan fingerprint density at radius 3 is 1.88 bits per heavy atom. The summed E-state index contributed by atoms with van der Waals surface area (Å²) < 4.78 is 15.2. The molecule has 0 aliphatic rings. The number of fused-ring (bicyclic) bond motifs is 8. The van der Waals surface area contributed by atoms with Crippen molar-refractivity contribution >= 4 is 71.9 Å². The average Bonchev–Trinajstić information content (AvgIpc) is 4.02. The normalized spacial score (nSPS) is 11.7. The molecular weight excluding hydrogens is 735 g/mol. The van der Waals surface area contributed by atoms with Gasteiger partial charge in [0.1, 0.15) is 16.7 Å². The molecule has 12 aromatic rings. The second-order valence-corrected chi connectivity index (χ2v) is 15.1. The van der Waals surface area contributed by atoms with Crippen LogP contribution in [0, 0.1) is 0 Å². The molecule has 3 aromatic heterocycles. The third-order valence-electron chi connectivity index (χ3n) is 11.6. The first kappa shape index (κ1) is 33.9. The molecule has 0 amide bonds. The number of benzene rings is 9. The fourth-order valence-corrected chi connectivity index (χ4v) is 8.91. The second kappa shape index (κ2) is 13.8. The van der Waals surface area contributed by atoms with Crippen LogP contribution in [0.25, 0.3) is 94.2 Å². The van der Waals surface area contributed by atoms with E-state index < -0.39 is 0 Å². The number of aromatic nitrogens is 2. The molecule has 5 heteroatoms. The first-order valence-corrected chi connectivity index (χ1v) is 20.2. The van der Waals surface area contributed by atoms with Gasteiger partial charge in [0.15, 0.2) is 5.58 Å². The van der Waals surface area contributed by atoms with Crippen LogP contribution in [0.4, 0.5) is 17.1 Å². The zero-order chi connectivity index (χ0) is 39.6. The molecule has 5 nitrogen and oxygen atoms in total. The van der Waals surface area contributed by atoms with Gasteiger partial charge in [-0.3, -0.25) is 0 Å². The number of hydrogen-bond acceptors (Lipinski definition) is 4. The number of rotatable bonds is 7. The number of anilines is 3. The molecular formula is C55H35N3O2. The first-order chi connectivity index (χ1) is 29.8. The average molecular weight is 770 g/mol. The summed E-state index contributed by atoms with van der Waals surface area (Å²) in [5.74, 6) is 0.595. The van der Waals surface area contributed by atoms with Crippen LogP contribution in [-0.4, -0.2) is 9.55 Å². The predicted molar refractivity (Wildman–Crippen MR) is 247 cm³/mol. The number of furan rings is 1. The zero-order valence-corrected chi connectivity index (χ0v) is 32.4. The topological polar surface area (TPSA) is 47.3 Å². The van der Waals surface area contributed by atoms with Gasteiger partial charge in [0.2, 0.25) is 5.89 Å². The van der Waals surface area contributed by atoms with Crippen LogP contribution in [-0.2, 0) is 0 Å². The first-order valence-electron chi connectivity index (χ1n) is 20.2. The Labute approximate surface area is 345 Å². The molecule has 0 aliphatic heterocycles. The Morgan fingerprint density at radius 1 is 0.417 bits per heavy atom. The van der Waals surface area contributed by atoms with E-state index in [9.17, 15) is 0 Å². The Bertz CT molecular complexity index is 3530. The highest BCUT2D eigenvalue weighted by atomic mass is 16.4. The minimum absolute atomic E-state index is 0.595. The smallest absolute Gasteiger partial charge is 0.227 e. The SMILES string of the molecule is c1ccc(-c2nc3ccc4oc5ccc(-c6ccc(N(c7ccccc7-c7ccccc7)c7cccc8c7c7ccccc7n8-c7ccccc7)cc6)cc5c4c3o2)cc1. The predicted octanol–water partition coefficient (Wildman–Crippen LogP) is 15.3. The molecule has 12 rings (SSSR count). The van der Waals surface area contributed by atoms with E-state index in [0.29, 0.717) is 5.89 Å². The largest absolute Gasteiger partial charge is 0.456 e. The van der Waals surface area contributed by atoms with Crippen molar-refractivity contribution in [3.8, 4) is 39.4 Å². The lowest BCUT2D eigenvalue weighted by atomic mass is 9.99. The van der Waals surface area contributed by atoms with Gasteiger partial charge in [-0.2, -0.15) is 0 Å². The van der Waals surface area contributed by atoms with Gasteiger partial charge in [0, 0.05) is 38.7 Å². The maximum atomic E-state index is 6.45. The second-order valence-electron chi connectivity index (χ2n) is 15.1. The van der Waals surface area contributed by atoms with Crippen LogP contribution in [0.2, 0.25) is 0 Å². The molecule has 0 bridgehead atoms. The van der Waals surface area contributed by atoms with E-state index in [0.717, 1.165) is 89.1 Å². The highest BCUT2D eigenvalue weighted by molar-refractivity contribution is 6.18. The number of hydrogen-bond donors (Lipinski definition) is 0. The maximum absolute atomic E-state index is 6.45. The third kappa shape index (κ3) is 5.44. The standard InChI is InChI=1S/C55H35N3O2/c1-4-15-37(16-5-1)42-21-10-12-23-46(42)58(49-26-14-25-48-52(49)43-22-11-13-24-47(43)57(48)40-19-8-3-9-20-40)41-30-27-36(28-31-41)39-29-33-50-44(35-39)53-51(59-50)34-32-45-54(53)60-55(56-45)38-17-6-2-7-18-38/h1-35H. The lowest BCUT2D eigenvalue weighted by Crippen LogP contribution is -2.11. The van der Waals surface area contributed by atoms with Crippen molar-refractivity contribution in [3.63, 3.8) is 0 Å². The Morgan fingerprint density at radius 2 is 1.07 bits per heavy atom. The molecule has 282 valence electrons. The van der Waals surface area contributed by atoms with E-state index in [2.05, 4.69) is 179 Å². The highest BCUT2D eigenvalue weighted by Crippen LogP contribution is 2.47. The fourth-order valence-electron chi connectivity index (χ4n) is 8.91. The summed E-state index contributed by atoms with van der Waals surface area (Å²) in [4.78, 5) is 7.26. The summed E-state index contributed by atoms with van der Waals surface area (Å²) >= 11 is 0. The lowest BCUT2D eigenvalue weighted by Gasteiger charge is -2.29. The molecule has 0 unspecified atom stereocenters. The summed E-state index contributed by atoms with van der Waals surface area (Å²) in [6.45, 7) is 0. The summed E-state index contributed by atoms with van der Waals surface area (Å²) in [5.41, 5.74) is 15.2. The van der Waals surface area contributed by atoms with Crippen molar-refractivity contribution in [2.24, 2.45) is 0 Å². The van der Waals surface area contributed by atoms with Crippen molar-refractivity contribution in [3.05, 3.63) is 212 Å². The number of oxazole rings is 1. The van der Waals surface area contributed by atoms with Crippen LogP contribution >= 0.6 is 0 Å². The van der Waals surface area contributed by atoms with E-state index >= 15 is 0 Å². The zero-order valence-electron chi connectivity index (χ0n) is 32.4. The molecule has 0 spiro atoms. The number of nitrogens with zero attached hydrogens (tertiary/aromatic N) is 3. The van der Waals surface area contributed by atoms with Gasteiger partial charge in [0.05, 0.1) is 27.8 Å². The van der Waals surface area contributed by atoms with E-state index in [4.69, 9.17) is 13.8 Å². The van der Waals surface area contributed by atoms with Gasteiger partial charge in [-0.15, -0.1) is 0 Å². The van der Waals surface area contributed by atoms with Crippen LogP contribution in [0.1, 0.15) is 0 Å². The monoisotopic (exact) mass is 769 g/mol. The summed E-state index contributed by atoms with van der Waals surface area (Å²) in [7, 11) is 0. The summed E-state index contributed by atoms with van der Waals surface area (Å²) in [6, 6.07) is 74.7. The van der Waals surface area contributed by atoms with Gasteiger partial charge in [-0.25, -0.2) is 4.98 Å². The minimum Gasteiger partial charge on any atom is -0.456 e. The van der Waals surface area contributed by atoms with Crippen molar-refractivity contribution < 1.29 is 8.83 Å². The quantitative estimate of drug-likeness (QED) is 0.162. The van der Waals surface area contributed by atoms with Gasteiger partial charge in [-0.1, -0.05) is 127 Å².